The van der Waals surface area contributed by atoms with Gasteiger partial charge in [-0.15, -0.1) is 0 Å². The molecule has 0 aliphatic carbocycles. The number of sulfone groups is 1. The van der Waals surface area contributed by atoms with E-state index in [0.717, 1.165) is 11.1 Å². The van der Waals surface area contributed by atoms with Crippen LogP contribution in [0.5, 0.6) is 0 Å². The second-order valence-electron chi connectivity index (χ2n) is 10.0. The lowest BCUT2D eigenvalue weighted by Gasteiger charge is -2.26. The third-order valence-electron chi connectivity index (χ3n) is 6.04. The number of amides is 2. The largest absolute Gasteiger partial charge is 0.465 e. The zero-order valence-corrected chi connectivity index (χ0v) is 21.4. The molecule has 184 valence electrons. The highest BCUT2D eigenvalue weighted by Crippen LogP contribution is 2.40. The average molecular weight is 488 g/mol. The summed E-state index contributed by atoms with van der Waals surface area (Å²) in [6.45, 7) is 11.9. The smallest absolute Gasteiger partial charge is 0.408 e. The summed E-state index contributed by atoms with van der Waals surface area (Å²) in [6, 6.07) is 7.88. The molecule has 1 atom stereocenters. The number of hydrogen-bond donors (Lipinski definition) is 2. The number of hydrogen-bond acceptors (Lipinski definition) is 5. The topological polar surface area (TPSA) is 117 Å². The molecule has 3 rings (SSSR count). The summed E-state index contributed by atoms with van der Waals surface area (Å²) in [5.41, 5.74) is 2.83. The maximum Gasteiger partial charge on any atom is 0.408 e. The summed E-state index contributed by atoms with van der Waals surface area (Å²) in [7, 11) is -3.28. The highest BCUT2D eigenvalue weighted by molar-refractivity contribution is 7.91. The molecule has 0 unspecified atom stereocenters. The fourth-order valence-electron chi connectivity index (χ4n) is 4.25. The molecule has 0 radical (unpaired) electrons. The van der Waals surface area contributed by atoms with Gasteiger partial charge in [-0.05, 0) is 35.2 Å². The minimum Gasteiger partial charge on any atom is -0.465 e. The van der Waals surface area contributed by atoms with Gasteiger partial charge in [0.1, 0.15) is 0 Å². The van der Waals surface area contributed by atoms with Crippen molar-refractivity contribution in [1.29, 1.82) is 0 Å². The Hall–Kier alpha value is -2.94. The normalized spacial score (nSPS) is 16.0. The van der Waals surface area contributed by atoms with Gasteiger partial charge < -0.3 is 10.4 Å². The minimum absolute atomic E-state index is 0.0287. The van der Waals surface area contributed by atoms with Crippen LogP contribution >= 0.6 is 0 Å². The van der Waals surface area contributed by atoms with Gasteiger partial charge in [-0.2, -0.15) is 0 Å². The summed E-state index contributed by atoms with van der Waals surface area (Å²) >= 11 is 0. The molecule has 1 aromatic heterocycles. The van der Waals surface area contributed by atoms with Gasteiger partial charge >= 0.3 is 6.09 Å². The second-order valence-corrected chi connectivity index (χ2v) is 12.3. The van der Waals surface area contributed by atoms with E-state index in [-0.39, 0.29) is 41.6 Å². The van der Waals surface area contributed by atoms with Gasteiger partial charge in [-0.25, -0.2) is 13.2 Å². The van der Waals surface area contributed by atoms with E-state index in [1.165, 1.54) is 4.90 Å². The first-order valence-electron chi connectivity index (χ1n) is 11.4. The third kappa shape index (κ3) is 5.09. The van der Waals surface area contributed by atoms with Crippen molar-refractivity contribution in [2.24, 2.45) is 5.92 Å². The van der Waals surface area contributed by atoms with Crippen LogP contribution in [-0.2, 0) is 28.3 Å². The third-order valence-corrected chi connectivity index (χ3v) is 7.79. The number of benzene rings is 1. The van der Waals surface area contributed by atoms with Crippen molar-refractivity contribution in [1.82, 2.24) is 15.2 Å². The van der Waals surface area contributed by atoms with E-state index in [4.69, 9.17) is 4.98 Å². The predicted octanol–water partition coefficient (Wildman–Crippen LogP) is 4.29. The van der Waals surface area contributed by atoms with Crippen molar-refractivity contribution in [3.63, 3.8) is 0 Å². The molecule has 0 fully saturated rings. The van der Waals surface area contributed by atoms with Gasteiger partial charge in [0.25, 0.3) is 5.91 Å². The minimum atomic E-state index is -3.28. The van der Waals surface area contributed by atoms with Crippen molar-refractivity contribution in [3.8, 4) is 0 Å². The number of nitrogens with one attached hydrogen (secondary N) is 1. The fraction of sp³-hybridized carbons (Fsp3) is 0.480. The van der Waals surface area contributed by atoms with Crippen LogP contribution < -0.4 is 5.32 Å². The molecule has 1 aromatic carbocycles. The number of rotatable bonds is 6. The van der Waals surface area contributed by atoms with Crippen LogP contribution in [0.3, 0.4) is 0 Å². The van der Waals surface area contributed by atoms with Crippen LogP contribution in [0.4, 0.5) is 4.79 Å². The molecule has 0 saturated carbocycles. The van der Waals surface area contributed by atoms with Crippen molar-refractivity contribution in [2.45, 2.75) is 71.0 Å². The lowest BCUT2D eigenvalue weighted by molar-refractivity contribution is 0.0947. The predicted molar refractivity (Wildman–Crippen MR) is 129 cm³/mol. The molecule has 0 spiro atoms. The molecule has 2 heterocycles. The first-order valence-corrected chi connectivity index (χ1v) is 13.0. The molecular formula is C25H33N3O5S. The van der Waals surface area contributed by atoms with Gasteiger partial charge in [-0.3, -0.25) is 14.7 Å². The van der Waals surface area contributed by atoms with E-state index in [0.29, 0.717) is 17.0 Å². The summed E-state index contributed by atoms with van der Waals surface area (Å²) < 4.78 is 24.0. The zero-order chi connectivity index (χ0) is 25.4. The molecule has 0 bridgehead atoms. The maximum absolute atomic E-state index is 13.2. The quantitative estimate of drug-likeness (QED) is 0.628. The van der Waals surface area contributed by atoms with Gasteiger partial charge in [0.05, 0.1) is 40.2 Å². The molecule has 1 aliphatic heterocycles. The van der Waals surface area contributed by atoms with Crippen molar-refractivity contribution in [2.75, 3.05) is 5.75 Å². The Morgan fingerprint density at radius 3 is 2.32 bits per heavy atom. The van der Waals surface area contributed by atoms with E-state index >= 15 is 0 Å². The van der Waals surface area contributed by atoms with Crippen LogP contribution in [0.1, 0.15) is 80.5 Å². The van der Waals surface area contributed by atoms with Crippen LogP contribution in [0.25, 0.3) is 0 Å². The Kier molecular flexibility index (Phi) is 7.07. The standard InChI is InChI=1S/C25H33N3O5S/c1-7-34(32,33)18-10-8-16(9-11-18)13-26-23(29)19-12-17-14-28(24(30)31)21(15(2)3)20(17)27-22(19)25(4,5)6/h8-12,15,21H,7,13-14H2,1-6H3,(H,26,29)(H,30,31)/t21-/m0/s1. The van der Waals surface area contributed by atoms with Crippen molar-refractivity contribution in [3.05, 3.63) is 58.4 Å². The van der Waals surface area contributed by atoms with E-state index in [9.17, 15) is 23.1 Å². The van der Waals surface area contributed by atoms with Gasteiger partial charge in [0.2, 0.25) is 0 Å². The molecule has 0 saturated heterocycles. The molecule has 34 heavy (non-hydrogen) atoms. The number of carbonyl (C=O) groups is 2. The Morgan fingerprint density at radius 1 is 1.21 bits per heavy atom. The number of carbonyl (C=O) groups excluding carboxylic acids is 1. The number of aromatic nitrogens is 1. The molecule has 2 amide bonds. The molecule has 9 heteroatoms. The monoisotopic (exact) mass is 487 g/mol. The Morgan fingerprint density at radius 2 is 1.82 bits per heavy atom. The SMILES string of the molecule is CCS(=O)(=O)c1ccc(CNC(=O)c2cc3c(nc2C(C)(C)C)[C@H](C(C)C)N(C(=O)O)C3)cc1. The summed E-state index contributed by atoms with van der Waals surface area (Å²) in [6.07, 6.45) is -1.01. The Balaban J connectivity index is 1.90. The van der Waals surface area contributed by atoms with Gasteiger partial charge in [-0.1, -0.05) is 53.7 Å². The summed E-state index contributed by atoms with van der Waals surface area (Å²) in [5, 5.41) is 12.6. The van der Waals surface area contributed by atoms with Gasteiger partial charge in [0, 0.05) is 12.0 Å². The number of nitrogens with zero attached hydrogens (tertiary/aromatic N) is 2. The van der Waals surface area contributed by atoms with Crippen molar-refractivity contribution >= 4 is 21.8 Å². The molecule has 1 aliphatic rings. The van der Waals surface area contributed by atoms with E-state index < -0.39 is 21.3 Å². The summed E-state index contributed by atoms with van der Waals surface area (Å²) in [5.74, 6) is -0.238. The van der Waals surface area contributed by atoms with E-state index in [1.807, 2.05) is 34.6 Å². The van der Waals surface area contributed by atoms with Crippen LogP contribution in [0.15, 0.2) is 35.2 Å². The van der Waals surface area contributed by atoms with Crippen LogP contribution in [0, 0.1) is 5.92 Å². The number of carboxylic acid groups (broad SMARTS) is 1. The Bertz CT molecular complexity index is 1200. The average Bonchev–Trinajstić information content (AvgIpc) is 3.15. The first-order chi connectivity index (χ1) is 15.8. The zero-order valence-electron chi connectivity index (χ0n) is 20.5. The second kappa shape index (κ2) is 9.37. The lowest BCUT2D eigenvalue weighted by Crippen LogP contribution is -2.31. The number of fused-ring (bicyclic) bond motifs is 1. The molecule has 8 nitrogen and oxygen atoms in total. The maximum atomic E-state index is 13.2. The molecule has 2 aromatic rings. The molecule has 2 N–H and O–H groups in total. The highest BCUT2D eigenvalue weighted by Gasteiger charge is 2.39. The van der Waals surface area contributed by atoms with Gasteiger partial charge in [0.15, 0.2) is 9.84 Å². The number of pyridine rings is 1. The van der Waals surface area contributed by atoms with E-state index in [2.05, 4.69) is 5.32 Å². The van der Waals surface area contributed by atoms with Crippen molar-refractivity contribution < 1.29 is 23.1 Å². The summed E-state index contributed by atoms with van der Waals surface area (Å²) in [4.78, 5) is 31.5. The van der Waals surface area contributed by atoms with Crippen LogP contribution in [-0.4, -0.2) is 41.2 Å². The fourth-order valence-corrected chi connectivity index (χ4v) is 5.13. The lowest BCUT2D eigenvalue weighted by atomic mass is 9.86. The van der Waals surface area contributed by atoms with E-state index in [1.54, 1.807) is 37.3 Å². The highest BCUT2D eigenvalue weighted by atomic mass is 32.2. The Labute approximate surface area is 201 Å². The van der Waals surface area contributed by atoms with Crippen LogP contribution in [0.2, 0.25) is 0 Å². The first kappa shape index (κ1) is 25.7. The molecular weight excluding hydrogens is 454 g/mol.